The van der Waals surface area contributed by atoms with Gasteiger partial charge in [0.05, 0.1) is 5.52 Å². The van der Waals surface area contributed by atoms with E-state index in [2.05, 4.69) is 48.2 Å². The number of likely N-dealkylation sites (N-methyl/N-ethyl adjacent to an activating group) is 1. The molecule has 20 heavy (non-hydrogen) atoms. The lowest BCUT2D eigenvalue weighted by Gasteiger charge is -2.22. The van der Waals surface area contributed by atoms with E-state index in [-0.39, 0.29) is 0 Å². The highest BCUT2D eigenvalue weighted by atomic mass is 35.5. The Bertz CT molecular complexity index is 620. The summed E-state index contributed by atoms with van der Waals surface area (Å²) < 4.78 is 1.98. The smallest absolute Gasteiger partial charge is 0.0959 e. The monoisotopic (exact) mass is 292 g/mol. The lowest BCUT2D eigenvalue weighted by molar-refractivity contribution is 0.315. The first kappa shape index (κ1) is 13.7. The first-order chi connectivity index (χ1) is 9.58. The largest absolute Gasteiger partial charge is 0.369 e. The Kier molecular flexibility index (Phi) is 3.61. The fraction of sp³-hybridized carbons (Fsp3) is 0.533. The quantitative estimate of drug-likeness (QED) is 0.869. The standard InChI is InChI=1S/C15H21ClN4/c1-4-20-10-13-14(17-20)7-11(16)8-15(13)19-6-5-12(9-19)18(2)3/h7-8,10,12H,4-6,9H2,1-3H3. The molecule has 4 nitrogen and oxygen atoms in total. The van der Waals surface area contributed by atoms with E-state index in [0.717, 1.165) is 30.2 Å². The van der Waals surface area contributed by atoms with Gasteiger partial charge in [-0.3, -0.25) is 4.68 Å². The van der Waals surface area contributed by atoms with Gasteiger partial charge in [-0.05, 0) is 39.6 Å². The number of fused-ring (bicyclic) bond motifs is 1. The molecule has 1 unspecified atom stereocenters. The molecule has 1 fully saturated rings. The molecule has 1 aromatic heterocycles. The maximum Gasteiger partial charge on any atom is 0.0959 e. The van der Waals surface area contributed by atoms with Crippen molar-refractivity contribution in [3.05, 3.63) is 23.4 Å². The van der Waals surface area contributed by atoms with Crippen molar-refractivity contribution in [2.24, 2.45) is 0 Å². The van der Waals surface area contributed by atoms with E-state index in [1.54, 1.807) is 0 Å². The molecule has 108 valence electrons. The van der Waals surface area contributed by atoms with Gasteiger partial charge < -0.3 is 9.80 Å². The predicted molar refractivity (Wildman–Crippen MR) is 84.7 cm³/mol. The molecule has 0 aliphatic carbocycles. The summed E-state index contributed by atoms with van der Waals surface area (Å²) in [5.74, 6) is 0. The Morgan fingerprint density at radius 2 is 2.20 bits per heavy atom. The number of benzene rings is 1. The van der Waals surface area contributed by atoms with Crippen LogP contribution in [0.25, 0.3) is 10.9 Å². The Morgan fingerprint density at radius 1 is 1.40 bits per heavy atom. The lowest BCUT2D eigenvalue weighted by Crippen LogP contribution is -2.31. The molecular weight excluding hydrogens is 272 g/mol. The van der Waals surface area contributed by atoms with Crippen molar-refractivity contribution in [2.75, 3.05) is 32.1 Å². The summed E-state index contributed by atoms with van der Waals surface area (Å²) in [6.45, 7) is 5.12. The maximum atomic E-state index is 6.27. The van der Waals surface area contributed by atoms with E-state index in [1.165, 1.54) is 17.5 Å². The summed E-state index contributed by atoms with van der Waals surface area (Å²) >= 11 is 6.27. The second kappa shape index (κ2) is 5.26. The highest BCUT2D eigenvalue weighted by molar-refractivity contribution is 6.31. The first-order valence-corrected chi connectivity index (χ1v) is 7.54. The summed E-state index contributed by atoms with van der Waals surface area (Å²) in [5.41, 5.74) is 2.21. The molecule has 3 rings (SSSR count). The average Bonchev–Trinajstić information content (AvgIpc) is 3.03. The third-order valence-electron chi connectivity index (χ3n) is 4.17. The van der Waals surface area contributed by atoms with Crippen LogP contribution in [0.1, 0.15) is 13.3 Å². The van der Waals surface area contributed by atoms with Crippen molar-refractivity contribution in [3.63, 3.8) is 0 Å². The molecule has 0 saturated carbocycles. The van der Waals surface area contributed by atoms with Gasteiger partial charge in [0.15, 0.2) is 0 Å². The minimum absolute atomic E-state index is 0.616. The van der Waals surface area contributed by atoms with Gasteiger partial charge >= 0.3 is 0 Å². The van der Waals surface area contributed by atoms with Crippen molar-refractivity contribution in [3.8, 4) is 0 Å². The van der Waals surface area contributed by atoms with Crippen LogP contribution in [0.3, 0.4) is 0 Å². The Labute approximate surface area is 124 Å². The van der Waals surface area contributed by atoms with Crippen molar-refractivity contribution in [2.45, 2.75) is 25.9 Å². The van der Waals surface area contributed by atoms with Crippen molar-refractivity contribution in [1.82, 2.24) is 14.7 Å². The summed E-state index contributed by atoms with van der Waals surface area (Å²) in [7, 11) is 4.30. The molecule has 1 aliphatic rings. The first-order valence-electron chi connectivity index (χ1n) is 7.16. The van der Waals surface area contributed by atoms with E-state index in [1.807, 2.05) is 10.7 Å². The predicted octanol–water partition coefficient (Wildman–Crippen LogP) is 2.85. The fourth-order valence-electron chi connectivity index (χ4n) is 2.93. The SMILES string of the molecule is CCn1cc2c(N3CCC(N(C)C)C3)cc(Cl)cc2n1. The van der Waals surface area contributed by atoms with Crippen molar-refractivity contribution in [1.29, 1.82) is 0 Å². The van der Waals surface area contributed by atoms with Crippen LogP contribution in [0.2, 0.25) is 5.02 Å². The molecule has 1 atom stereocenters. The summed E-state index contributed by atoms with van der Waals surface area (Å²) in [5, 5.41) is 6.54. The maximum absolute atomic E-state index is 6.27. The summed E-state index contributed by atoms with van der Waals surface area (Å²) in [6, 6.07) is 4.64. The second-order valence-electron chi connectivity index (χ2n) is 5.69. The lowest BCUT2D eigenvalue weighted by atomic mass is 10.2. The Morgan fingerprint density at radius 3 is 2.85 bits per heavy atom. The zero-order valence-electron chi connectivity index (χ0n) is 12.3. The van der Waals surface area contributed by atoms with Gasteiger partial charge in [0.2, 0.25) is 0 Å². The van der Waals surface area contributed by atoms with Crippen LogP contribution in [0.4, 0.5) is 5.69 Å². The number of anilines is 1. The zero-order chi connectivity index (χ0) is 14.3. The van der Waals surface area contributed by atoms with Gasteiger partial charge in [-0.25, -0.2) is 0 Å². The van der Waals surface area contributed by atoms with Crippen LogP contribution in [-0.2, 0) is 6.54 Å². The zero-order valence-corrected chi connectivity index (χ0v) is 13.1. The fourth-order valence-corrected chi connectivity index (χ4v) is 3.13. The van der Waals surface area contributed by atoms with Crippen LogP contribution in [0.5, 0.6) is 0 Å². The Balaban J connectivity index is 2.00. The van der Waals surface area contributed by atoms with Crippen LogP contribution in [-0.4, -0.2) is 47.9 Å². The molecule has 0 bridgehead atoms. The highest BCUT2D eigenvalue weighted by Gasteiger charge is 2.25. The van der Waals surface area contributed by atoms with Crippen LogP contribution in [0, 0.1) is 0 Å². The molecule has 1 saturated heterocycles. The molecule has 0 N–H and O–H groups in total. The van der Waals surface area contributed by atoms with E-state index in [4.69, 9.17) is 11.6 Å². The summed E-state index contributed by atoms with van der Waals surface area (Å²) in [4.78, 5) is 4.73. The number of hydrogen-bond donors (Lipinski definition) is 0. The van der Waals surface area contributed by atoms with Gasteiger partial charge in [-0.15, -0.1) is 0 Å². The van der Waals surface area contributed by atoms with Gasteiger partial charge in [0, 0.05) is 48.0 Å². The van der Waals surface area contributed by atoms with Crippen LogP contribution >= 0.6 is 11.6 Å². The molecule has 0 radical (unpaired) electrons. The van der Waals surface area contributed by atoms with Gasteiger partial charge in [0.1, 0.15) is 0 Å². The molecule has 1 aromatic carbocycles. The summed E-state index contributed by atoms with van der Waals surface area (Å²) in [6.07, 6.45) is 3.33. The van der Waals surface area contributed by atoms with Gasteiger partial charge in [0.25, 0.3) is 0 Å². The number of aryl methyl sites for hydroxylation is 1. The highest BCUT2D eigenvalue weighted by Crippen LogP contribution is 2.32. The normalized spacial score (nSPS) is 19.4. The van der Waals surface area contributed by atoms with Crippen LogP contribution in [0.15, 0.2) is 18.3 Å². The molecule has 2 heterocycles. The molecule has 0 amide bonds. The third-order valence-corrected chi connectivity index (χ3v) is 4.39. The number of hydrogen-bond acceptors (Lipinski definition) is 3. The van der Waals surface area contributed by atoms with E-state index < -0.39 is 0 Å². The third kappa shape index (κ3) is 2.38. The van der Waals surface area contributed by atoms with E-state index in [0.29, 0.717) is 6.04 Å². The molecule has 5 heteroatoms. The minimum atomic E-state index is 0.616. The van der Waals surface area contributed by atoms with Crippen molar-refractivity contribution >= 4 is 28.2 Å². The van der Waals surface area contributed by atoms with Crippen LogP contribution < -0.4 is 4.90 Å². The molecule has 2 aromatic rings. The average molecular weight is 293 g/mol. The van der Waals surface area contributed by atoms with E-state index >= 15 is 0 Å². The topological polar surface area (TPSA) is 24.3 Å². The van der Waals surface area contributed by atoms with Gasteiger partial charge in [-0.2, -0.15) is 5.10 Å². The van der Waals surface area contributed by atoms with Gasteiger partial charge in [-0.1, -0.05) is 11.6 Å². The number of nitrogens with zero attached hydrogens (tertiary/aromatic N) is 4. The van der Waals surface area contributed by atoms with Crippen molar-refractivity contribution < 1.29 is 0 Å². The molecule has 1 aliphatic heterocycles. The number of rotatable bonds is 3. The van der Waals surface area contributed by atoms with E-state index in [9.17, 15) is 0 Å². The second-order valence-corrected chi connectivity index (χ2v) is 6.13. The number of halogens is 1. The minimum Gasteiger partial charge on any atom is -0.369 e. The number of aromatic nitrogens is 2. The Hall–Kier alpha value is -1.26. The molecule has 0 spiro atoms. The molecular formula is C15H21ClN4.